The summed E-state index contributed by atoms with van der Waals surface area (Å²) in [5.74, 6) is 0.248. The van der Waals surface area contributed by atoms with Crippen LogP contribution >= 0.6 is 0 Å². The van der Waals surface area contributed by atoms with Gasteiger partial charge in [0, 0.05) is 36.3 Å². The van der Waals surface area contributed by atoms with E-state index in [9.17, 15) is 4.39 Å². The second kappa shape index (κ2) is 7.25. The average molecular weight is 361 g/mol. The molecular formula is C19H16FN7. The Hall–Kier alpha value is -3.73. The number of benzene rings is 1. The smallest absolute Gasteiger partial charge is 0.201 e. The minimum Gasteiger partial charge on any atom is -0.352 e. The Bertz CT molecular complexity index is 1110. The molecule has 3 aromatic heterocycles. The molecule has 0 spiro atoms. The maximum Gasteiger partial charge on any atom is 0.201 e. The third-order valence-corrected chi connectivity index (χ3v) is 4.13. The second-order valence-electron chi connectivity index (χ2n) is 6.01. The number of hydrogen-bond donors (Lipinski definition) is 2. The summed E-state index contributed by atoms with van der Waals surface area (Å²) in [6, 6.07) is 10.3. The lowest BCUT2D eigenvalue weighted by Crippen LogP contribution is -2.01. The van der Waals surface area contributed by atoms with Crippen molar-refractivity contribution in [1.29, 1.82) is 5.26 Å². The van der Waals surface area contributed by atoms with Crippen molar-refractivity contribution < 1.29 is 4.39 Å². The van der Waals surface area contributed by atoms with Gasteiger partial charge in [0.15, 0.2) is 0 Å². The Morgan fingerprint density at radius 2 is 2.07 bits per heavy atom. The van der Waals surface area contributed by atoms with E-state index in [4.69, 9.17) is 5.26 Å². The zero-order valence-electron chi connectivity index (χ0n) is 14.4. The number of rotatable bonds is 6. The van der Waals surface area contributed by atoms with Crippen LogP contribution < -0.4 is 5.32 Å². The maximum atomic E-state index is 13.3. The molecular weight excluding hydrogens is 345 g/mol. The molecule has 0 amide bonds. The number of aromatic amines is 1. The number of nitriles is 1. The number of H-pyrrole nitrogens is 1. The van der Waals surface area contributed by atoms with Crippen molar-refractivity contribution in [2.24, 2.45) is 0 Å². The highest BCUT2D eigenvalue weighted by Gasteiger charge is 2.12. The summed E-state index contributed by atoms with van der Waals surface area (Å²) in [6.45, 7) is 1.00. The zero-order valence-corrected chi connectivity index (χ0v) is 14.4. The van der Waals surface area contributed by atoms with E-state index in [1.807, 2.05) is 18.3 Å². The van der Waals surface area contributed by atoms with Crippen LogP contribution in [0.2, 0.25) is 0 Å². The zero-order chi connectivity index (χ0) is 18.6. The van der Waals surface area contributed by atoms with Crippen LogP contribution in [0.4, 0.5) is 10.3 Å². The van der Waals surface area contributed by atoms with E-state index in [0.29, 0.717) is 36.5 Å². The van der Waals surface area contributed by atoms with Gasteiger partial charge in [0.25, 0.3) is 0 Å². The van der Waals surface area contributed by atoms with Gasteiger partial charge in [-0.25, -0.2) is 9.37 Å². The topological polar surface area (TPSA) is 95.2 Å². The summed E-state index contributed by atoms with van der Waals surface area (Å²) >= 11 is 0. The number of imidazole rings is 1. The molecule has 0 aliphatic carbocycles. The quantitative estimate of drug-likeness (QED) is 0.548. The summed E-state index contributed by atoms with van der Waals surface area (Å²) in [4.78, 5) is 11.5. The fraction of sp³-hybridized carbons (Fsp3) is 0.158. The first-order valence-corrected chi connectivity index (χ1v) is 8.46. The predicted octanol–water partition coefficient (Wildman–Crippen LogP) is 3.49. The largest absolute Gasteiger partial charge is 0.352 e. The number of fused-ring (bicyclic) bond motifs is 1. The van der Waals surface area contributed by atoms with Crippen LogP contribution in [0.15, 0.2) is 48.9 Å². The van der Waals surface area contributed by atoms with E-state index in [2.05, 4.69) is 31.4 Å². The van der Waals surface area contributed by atoms with Gasteiger partial charge in [-0.15, -0.1) is 0 Å². The molecule has 4 aromatic rings. The van der Waals surface area contributed by atoms with E-state index in [0.717, 1.165) is 16.8 Å². The molecule has 0 radical (unpaired) electrons. The number of aromatic nitrogens is 5. The Morgan fingerprint density at radius 1 is 1.22 bits per heavy atom. The van der Waals surface area contributed by atoms with Crippen molar-refractivity contribution in [3.63, 3.8) is 0 Å². The predicted molar refractivity (Wildman–Crippen MR) is 99.1 cm³/mol. The number of nitrogens with one attached hydrogen (secondary N) is 2. The molecule has 0 aliphatic heterocycles. The summed E-state index contributed by atoms with van der Waals surface area (Å²) < 4.78 is 15.1. The Kier molecular flexibility index (Phi) is 4.49. The van der Waals surface area contributed by atoms with Gasteiger partial charge in [0.1, 0.15) is 5.82 Å². The van der Waals surface area contributed by atoms with Crippen molar-refractivity contribution >= 4 is 17.0 Å². The van der Waals surface area contributed by atoms with Crippen molar-refractivity contribution in [3.8, 4) is 17.3 Å². The van der Waals surface area contributed by atoms with E-state index in [-0.39, 0.29) is 5.82 Å². The number of anilines is 1. The number of hydrogen-bond acceptors (Lipinski definition) is 5. The third-order valence-electron chi connectivity index (χ3n) is 4.13. The van der Waals surface area contributed by atoms with Crippen molar-refractivity contribution in [2.45, 2.75) is 19.5 Å². The van der Waals surface area contributed by atoms with Crippen LogP contribution in [-0.2, 0) is 13.1 Å². The van der Waals surface area contributed by atoms with Crippen LogP contribution in [0.1, 0.15) is 12.0 Å². The molecule has 1 aromatic carbocycles. The maximum absolute atomic E-state index is 13.3. The Balaban J connectivity index is 1.59. The van der Waals surface area contributed by atoms with Crippen molar-refractivity contribution in [1.82, 2.24) is 24.7 Å². The second-order valence-corrected chi connectivity index (χ2v) is 6.01. The molecule has 0 saturated carbocycles. The lowest BCUT2D eigenvalue weighted by Gasteiger charge is -2.03. The lowest BCUT2D eigenvalue weighted by atomic mass is 10.1. The van der Waals surface area contributed by atoms with Gasteiger partial charge >= 0.3 is 0 Å². The standard InChI is InChI=1S/C19H16FN7/c20-15-2-3-16-17(10-15)25-19(24-16)23-11-14-12-27(9-1-6-21)26-18(14)13-4-7-22-8-5-13/h2-5,7-8,10,12H,1,9,11H2,(H2,23,24,25). The highest BCUT2D eigenvalue weighted by atomic mass is 19.1. The SMILES string of the molecule is N#CCCn1cc(CNc2nc3ccc(F)cc3[nH]2)c(-c2ccncc2)n1. The molecule has 8 heteroatoms. The molecule has 0 saturated heterocycles. The van der Waals surface area contributed by atoms with Crippen LogP contribution in [0.25, 0.3) is 22.3 Å². The Morgan fingerprint density at radius 3 is 2.89 bits per heavy atom. The molecule has 0 fully saturated rings. The van der Waals surface area contributed by atoms with Gasteiger partial charge in [0.2, 0.25) is 5.95 Å². The Labute approximate surface area is 154 Å². The first-order valence-electron chi connectivity index (χ1n) is 8.46. The van der Waals surface area contributed by atoms with Gasteiger partial charge in [-0.05, 0) is 30.3 Å². The summed E-state index contributed by atoms with van der Waals surface area (Å²) in [6.07, 6.45) is 5.74. The van der Waals surface area contributed by atoms with Gasteiger partial charge in [-0.1, -0.05) is 0 Å². The van der Waals surface area contributed by atoms with E-state index >= 15 is 0 Å². The van der Waals surface area contributed by atoms with E-state index in [1.165, 1.54) is 12.1 Å². The van der Waals surface area contributed by atoms with Gasteiger partial charge in [-0.3, -0.25) is 9.67 Å². The van der Waals surface area contributed by atoms with Crippen LogP contribution in [0, 0.1) is 17.1 Å². The minimum atomic E-state index is -0.309. The summed E-state index contributed by atoms with van der Waals surface area (Å²) in [5.41, 5.74) is 4.06. The highest BCUT2D eigenvalue weighted by Crippen LogP contribution is 2.23. The number of nitrogens with zero attached hydrogens (tertiary/aromatic N) is 5. The molecule has 134 valence electrons. The molecule has 3 heterocycles. The van der Waals surface area contributed by atoms with Crippen LogP contribution in [0.5, 0.6) is 0 Å². The summed E-state index contributed by atoms with van der Waals surface area (Å²) in [7, 11) is 0. The first-order chi connectivity index (χ1) is 13.2. The number of aryl methyl sites for hydroxylation is 1. The van der Waals surface area contributed by atoms with Crippen LogP contribution in [0.3, 0.4) is 0 Å². The van der Waals surface area contributed by atoms with Crippen LogP contribution in [-0.4, -0.2) is 24.7 Å². The molecule has 27 heavy (non-hydrogen) atoms. The minimum absolute atomic E-state index is 0.309. The van der Waals surface area contributed by atoms with Crippen molar-refractivity contribution in [3.05, 3.63) is 60.3 Å². The molecule has 0 aliphatic rings. The third kappa shape index (κ3) is 3.62. The molecule has 0 unspecified atom stereocenters. The van der Waals surface area contributed by atoms with Gasteiger partial charge < -0.3 is 10.3 Å². The monoisotopic (exact) mass is 361 g/mol. The lowest BCUT2D eigenvalue weighted by molar-refractivity contribution is 0.629. The van der Waals surface area contributed by atoms with Gasteiger partial charge in [-0.2, -0.15) is 10.4 Å². The highest BCUT2D eigenvalue weighted by molar-refractivity contribution is 5.77. The fourth-order valence-electron chi connectivity index (χ4n) is 2.87. The molecule has 0 atom stereocenters. The average Bonchev–Trinajstić information content (AvgIpc) is 3.28. The number of pyridine rings is 1. The van der Waals surface area contributed by atoms with Gasteiger partial charge in [0.05, 0.1) is 35.8 Å². The fourth-order valence-corrected chi connectivity index (χ4v) is 2.87. The molecule has 0 bridgehead atoms. The normalized spacial score (nSPS) is 10.8. The van der Waals surface area contributed by atoms with E-state index in [1.54, 1.807) is 23.1 Å². The van der Waals surface area contributed by atoms with E-state index < -0.39 is 0 Å². The summed E-state index contributed by atoms with van der Waals surface area (Å²) in [5, 5.41) is 16.6. The van der Waals surface area contributed by atoms with Crippen molar-refractivity contribution in [2.75, 3.05) is 5.32 Å². The first kappa shape index (κ1) is 16.7. The number of halogens is 1. The molecule has 7 nitrogen and oxygen atoms in total. The molecule has 4 rings (SSSR count). The molecule has 2 N–H and O–H groups in total.